The van der Waals surface area contributed by atoms with Gasteiger partial charge in [0.15, 0.2) is 0 Å². The third-order valence-corrected chi connectivity index (χ3v) is 3.74. The summed E-state index contributed by atoms with van der Waals surface area (Å²) in [5.74, 6) is 0. The van der Waals surface area contributed by atoms with Gasteiger partial charge in [-0.1, -0.05) is 64.5 Å². The van der Waals surface area contributed by atoms with Crippen LogP contribution in [0.5, 0.6) is 0 Å². The second kappa shape index (κ2) is 5.78. The van der Waals surface area contributed by atoms with Crippen molar-refractivity contribution in [1.29, 1.82) is 0 Å². The van der Waals surface area contributed by atoms with Gasteiger partial charge in [0.2, 0.25) is 0 Å². The van der Waals surface area contributed by atoms with E-state index < -0.39 is 11.7 Å². The summed E-state index contributed by atoms with van der Waals surface area (Å²) < 4.78 is 38.7. The number of rotatable bonds is 3. The molecule has 0 saturated carbocycles. The van der Waals surface area contributed by atoms with Crippen LogP contribution in [0.2, 0.25) is 0 Å². The summed E-state index contributed by atoms with van der Waals surface area (Å²) in [6, 6.07) is 15.1. The van der Waals surface area contributed by atoms with Crippen LogP contribution in [0.3, 0.4) is 0 Å². The van der Waals surface area contributed by atoms with Gasteiger partial charge in [0.1, 0.15) is 0 Å². The van der Waals surface area contributed by atoms with E-state index in [4.69, 9.17) is 0 Å². The van der Waals surface area contributed by atoms with Gasteiger partial charge in [0, 0.05) is 4.83 Å². The van der Waals surface area contributed by atoms with E-state index in [0.29, 0.717) is 12.0 Å². The molecule has 100 valence electrons. The van der Waals surface area contributed by atoms with Gasteiger partial charge in [0.05, 0.1) is 5.56 Å². The van der Waals surface area contributed by atoms with E-state index in [1.165, 1.54) is 12.1 Å². The number of hydrogen-bond donors (Lipinski definition) is 0. The Bertz CT molecular complexity index is 535. The Balaban J connectivity index is 2.25. The molecule has 4 heteroatoms. The van der Waals surface area contributed by atoms with Crippen LogP contribution in [0, 0.1) is 0 Å². The van der Waals surface area contributed by atoms with Crippen LogP contribution in [-0.2, 0) is 12.6 Å². The second-order valence-corrected chi connectivity index (χ2v) is 5.34. The fourth-order valence-electron chi connectivity index (χ4n) is 1.95. The van der Waals surface area contributed by atoms with Crippen LogP contribution in [0.4, 0.5) is 13.2 Å². The zero-order valence-electron chi connectivity index (χ0n) is 9.99. The van der Waals surface area contributed by atoms with Gasteiger partial charge in [-0.05, 0) is 23.6 Å². The fraction of sp³-hybridized carbons (Fsp3) is 0.200. The molecule has 0 aromatic heterocycles. The number of halogens is 4. The molecule has 1 unspecified atom stereocenters. The number of benzene rings is 2. The zero-order valence-corrected chi connectivity index (χ0v) is 11.6. The van der Waals surface area contributed by atoms with E-state index in [0.717, 1.165) is 11.6 Å². The lowest BCUT2D eigenvalue weighted by Gasteiger charge is -2.15. The van der Waals surface area contributed by atoms with Crippen molar-refractivity contribution in [3.8, 4) is 0 Å². The van der Waals surface area contributed by atoms with Crippen LogP contribution in [0.15, 0.2) is 54.6 Å². The number of alkyl halides is 4. The molecule has 0 bridgehead atoms. The largest absolute Gasteiger partial charge is 0.416 e. The Morgan fingerprint density at radius 2 is 1.47 bits per heavy atom. The molecular formula is C15H12BrF3. The molecular weight excluding hydrogens is 317 g/mol. The lowest BCUT2D eigenvalue weighted by atomic mass is 9.99. The van der Waals surface area contributed by atoms with Crippen molar-refractivity contribution in [2.75, 3.05) is 0 Å². The highest BCUT2D eigenvalue weighted by Crippen LogP contribution is 2.35. The van der Waals surface area contributed by atoms with Gasteiger partial charge >= 0.3 is 6.18 Å². The first-order valence-corrected chi connectivity index (χ1v) is 6.74. The molecule has 0 fully saturated rings. The van der Waals surface area contributed by atoms with Crippen LogP contribution in [0.1, 0.15) is 21.5 Å². The molecule has 2 aromatic rings. The van der Waals surface area contributed by atoms with Crippen LogP contribution >= 0.6 is 15.9 Å². The van der Waals surface area contributed by atoms with Crippen LogP contribution in [0.25, 0.3) is 0 Å². The smallest absolute Gasteiger partial charge is 0.166 e. The average Bonchev–Trinajstić information content (AvgIpc) is 2.39. The Morgan fingerprint density at radius 3 is 2.11 bits per heavy atom. The quantitative estimate of drug-likeness (QED) is 0.663. The SMILES string of the molecule is FC(F)(F)c1ccccc1CC(Br)c1ccccc1. The van der Waals surface area contributed by atoms with E-state index >= 15 is 0 Å². The minimum absolute atomic E-state index is 0.128. The molecule has 0 aliphatic rings. The standard InChI is InChI=1S/C15H12BrF3/c16-14(11-6-2-1-3-7-11)10-12-8-4-5-9-13(12)15(17,18)19/h1-9,14H,10H2. The van der Waals surface area contributed by atoms with Gasteiger partial charge in [-0.25, -0.2) is 0 Å². The van der Waals surface area contributed by atoms with E-state index in [9.17, 15) is 13.2 Å². The van der Waals surface area contributed by atoms with Gasteiger partial charge < -0.3 is 0 Å². The highest BCUT2D eigenvalue weighted by atomic mass is 79.9. The van der Waals surface area contributed by atoms with Gasteiger partial charge in [-0.2, -0.15) is 13.2 Å². The molecule has 0 spiro atoms. The van der Waals surface area contributed by atoms with Crippen molar-refractivity contribution in [2.45, 2.75) is 17.4 Å². The third-order valence-electron chi connectivity index (χ3n) is 2.88. The van der Waals surface area contributed by atoms with E-state index in [1.807, 2.05) is 30.3 Å². The van der Waals surface area contributed by atoms with Crippen molar-refractivity contribution in [2.24, 2.45) is 0 Å². The molecule has 19 heavy (non-hydrogen) atoms. The first-order valence-electron chi connectivity index (χ1n) is 5.82. The van der Waals surface area contributed by atoms with Crippen LogP contribution in [-0.4, -0.2) is 0 Å². The summed E-state index contributed by atoms with van der Waals surface area (Å²) >= 11 is 3.46. The molecule has 0 nitrogen and oxygen atoms in total. The van der Waals surface area contributed by atoms with Crippen molar-refractivity contribution >= 4 is 15.9 Å². The maximum atomic E-state index is 12.9. The summed E-state index contributed by atoms with van der Waals surface area (Å²) in [5.41, 5.74) is 0.718. The highest BCUT2D eigenvalue weighted by molar-refractivity contribution is 9.09. The summed E-state index contributed by atoms with van der Waals surface area (Å²) in [4.78, 5) is -0.128. The first-order chi connectivity index (χ1) is 8.98. The minimum atomic E-state index is -4.31. The summed E-state index contributed by atoms with van der Waals surface area (Å²) in [6.45, 7) is 0. The Morgan fingerprint density at radius 1 is 0.895 bits per heavy atom. The summed E-state index contributed by atoms with van der Waals surface area (Å²) in [7, 11) is 0. The first kappa shape index (κ1) is 14.1. The maximum Gasteiger partial charge on any atom is 0.416 e. The molecule has 0 amide bonds. The lowest BCUT2D eigenvalue weighted by molar-refractivity contribution is -0.138. The van der Waals surface area contributed by atoms with E-state index in [2.05, 4.69) is 15.9 Å². The van der Waals surface area contributed by atoms with Gasteiger partial charge in [0.25, 0.3) is 0 Å². The molecule has 0 radical (unpaired) electrons. The molecule has 0 heterocycles. The topological polar surface area (TPSA) is 0 Å². The molecule has 2 aromatic carbocycles. The van der Waals surface area contributed by atoms with Crippen molar-refractivity contribution < 1.29 is 13.2 Å². The molecule has 1 atom stereocenters. The Hall–Kier alpha value is -1.29. The van der Waals surface area contributed by atoms with E-state index in [1.54, 1.807) is 6.07 Å². The zero-order chi connectivity index (χ0) is 13.9. The highest BCUT2D eigenvalue weighted by Gasteiger charge is 2.33. The molecule has 0 saturated heterocycles. The predicted octanol–water partition coefficient (Wildman–Crippen LogP) is 5.38. The Kier molecular flexibility index (Phi) is 4.30. The van der Waals surface area contributed by atoms with Gasteiger partial charge in [-0.15, -0.1) is 0 Å². The average molecular weight is 329 g/mol. The normalized spacial score (nSPS) is 13.3. The second-order valence-electron chi connectivity index (χ2n) is 4.24. The molecule has 0 N–H and O–H groups in total. The van der Waals surface area contributed by atoms with Crippen molar-refractivity contribution in [3.05, 3.63) is 71.3 Å². The summed E-state index contributed by atoms with van der Waals surface area (Å²) in [5, 5.41) is 0. The minimum Gasteiger partial charge on any atom is -0.166 e. The molecule has 0 aliphatic heterocycles. The number of hydrogen-bond acceptors (Lipinski definition) is 0. The summed E-state index contributed by atoms with van der Waals surface area (Å²) in [6.07, 6.45) is -4.00. The van der Waals surface area contributed by atoms with E-state index in [-0.39, 0.29) is 4.83 Å². The Labute approximate surface area is 118 Å². The maximum absolute atomic E-state index is 12.9. The fourth-order valence-corrected chi connectivity index (χ4v) is 2.60. The van der Waals surface area contributed by atoms with Gasteiger partial charge in [-0.3, -0.25) is 0 Å². The molecule has 0 aliphatic carbocycles. The monoisotopic (exact) mass is 328 g/mol. The lowest BCUT2D eigenvalue weighted by Crippen LogP contribution is -2.10. The van der Waals surface area contributed by atoms with Crippen LogP contribution < -0.4 is 0 Å². The predicted molar refractivity (Wildman–Crippen MR) is 73.3 cm³/mol. The van der Waals surface area contributed by atoms with Crippen molar-refractivity contribution in [3.63, 3.8) is 0 Å². The third kappa shape index (κ3) is 3.60. The van der Waals surface area contributed by atoms with Crippen molar-refractivity contribution in [1.82, 2.24) is 0 Å². The molecule has 2 rings (SSSR count).